The fourth-order valence-electron chi connectivity index (χ4n) is 3.44. The Morgan fingerprint density at radius 3 is 2.48 bits per heavy atom. The van der Waals surface area contributed by atoms with Gasteiger partial charge in [-0.15, -0.1) is 0 Å². The average Bonchev–Trinajstić information content (AvgIpc) is 2.87. The van der Waals surface area contributed by atoms with Gasteiger partial charge in [-0.1, -0.05) is 24.3 Å². The Kier molecular flexibility index (Phi) is 3.73. The Labute approximate surface area is 147 Å². The van der Waals surface area contributed by atoms with Crippen molar-refractivity contribution >= 4 is 17.3 Å². The molecule has 2 aromatic carbocycles. The van der Waals surface area contributed by atoms with E-state index in [1.807, 2.05) is 36.4 Å². The molecule has 1 aliphatic heterocycles. The lowest BCUT2D eigenvalue weighted by molar-refractivity contribution is 0.0993. The molecule has 1 aliphatic rings. The average molecular weight is 329 g/mol. The molecule has 25 heavy (non-hydrogen) atoms. The van der Waals surface area contributed by atoms with Crippen molar-refractivity contribution in [3.63, 3.8) is 0 Å². The topological polar surface area (TPSA) is 45.2 Å². The normalized spacial score (nSPS) is 16.0. The summed E-state index contributed by atoms with van der Waals surface area (Å²) in [7, 11) is 0. The van der Waals surface area contributed by atoms with Gasteiger partial charge in [-0.3, -0.25) is 14.7 Å². The Balaban J connectivity index is 1.79. The minimum Gasteiger partial charge on any atom is -0.361 e. The van der Waals surface area contributed by atoms with E-state index in [0.717, 1.165) is 22.5 Å². The lowest BCUT2D eigenvalue weighted by Crippen LogP contribution is -2.32. The maximum atomic E-state index is 13.0. The minimum absolute atomic E-state index is 0.00882. The van der Waals surface area contributed by atoms with Crippen LogP contribution in [-0.2, 0) is 0 Å². The Bertz CT molecular complexity index is 917. The summed E-state index contributed by atoms with van der Waals surface area (Å²) < 4.78 is 0. The van der Waals surface area contributed by atoms with Crippen LogP contribution in [0.2, 0.25) is 0 Å². The largest absolute Gasteiger partial charge is 0.361 e. The SMILES string of the molecule is Cc1cc(C)cc(NC2c3ccccc3C(=O)N2c2cccnc2)c1. The second kappa shape index (κ2) is 6.06. The lowest BCUT2D eigenvalue weighted by atomic mass is 10.1. The lowest BCUT2D eigenvalue weighted by Gasteiger charge is -2.27. The summed E-state index contributed by atoms with van der Waals surface area (Å²) in [6.07, 6.45) is 3.18. The first-order chi connectivity index (χ1) is 12.1. The van der Waals surface area contributed by atoms with E-state index in [-0.39, 0.29) is 12.1 Å². The van der Waals surface area contributed by atoms with Crippen LogP contribution < -0.4 is 10.2 Å². The number of nitrogens with zero attached hydrogens (tertiary/aromatic N) is 2. The maximum Gasteiger partial charge on any atom is 0.260 e. The van der Waals surface area contributed by atoms with Crippen molar-refractivity contribution in [2.45, 2.75) is 20.0 Å². The molecule has 0 saturated carbocycles. The molecule has 3 aromatic rings. The number of nitrogens with one attached hydrogen (secondary N) is 1. The molecule has 0 bridgehead atoms. The molecule has 1 unspecified atom stereocenters. The zero-order valence-electron chi connectivity index (χ0n) is 14.2. The van der Waals surface area contributed by atoms with E-state index in [1.54, 1.807) is 17.3 Å². The summed E-state index contributed by atoms with van der Waals surface area (Å²) in [6, 6.07) is 17.8. The number of carbonyl (C=O) groups is 1. The number of pyridine rings is 1. The smallest absolute Gasteiger partial charge is 0.260 e. The molecule has 4 rings (SSSR count). The summed E-state index contributed by atoms with van der Waals surface area (Å²) in [5.41, 5.74) is 5.87. The summed E-state index contributed by atoms with van der Waals surface area (Å²) in [4.78, 5) is 18.9. The van der Waals surface area contributed by atoms with Crippen molar-refractivity contribution < 1.29 is 4.79 Å². The van der Waals surface area contributed by atoms with Gasteiger partial charge in [-0.25, -0.2) is 0 Å². The van der Waals surface area contributed by atoms with Crippen molar-refractivity contribution in [3.8, 4) is 0 Å². The first-order valence-electron chi connectivity index (χ1n) is 8.31. The highest BCUT2D eigenvalue weighted by molar-refractivity contribution is 6.11. The van der Waals surface area contributed by atoms with Crippen LogP contribution in [0.15, 0.2) is 67.0 Å². The number of aromatic nitrogens is 1. The highest BCUT2D eigenvalue weighted by Gasteiger charge is 2.37. The monoisotopic (exact) mass is 329 g/mol. The minimum atomic E-state index is -0.255. The van der Waals surface area contributed by atoms with E-state index < -0.39 is 0 Å². The summed E-state index contributed by atoms with van der Waals surface area (Å²) in [5, 5.41) is 3.54. The molecule has 4 nitrogen and oxygen atoms in total. The molecule has 4 heteroatoms. The second-order valence-electron chi connectivity index (χ2n) is 6.40. The molecule has 1 amide bonds. The summed E-state index contributed by atoms with van der Waals surface area (Å²) >= 11 is 0. The predicted octanol–water partition coefficient (Wildman–Crippen LogP) is 4.47. The van der Waals surface area contributed by atoms with Crippen LogP contribution in [0.4, 0.5) is 11.4 Å². The van der Waals surface area contributed by atoms with Crippen molar-refractivity contribution in [2.24, 2.45) is 0 Å². The molecule has 0 aliphatic carbocycles. The molecular weight excluding hydrogens is 310 g/mol. The molecule has 0 radical (unpaired) electrons. The van der Waals surface area contributed by atoms with Crippen LogP contribution in [0.5, 0.6) is 0 Å². The van der Waals surface area contributed by atoms with Crippen molar-refractivity contribution in [3.05, 3.63) is 89.2 Å². The van der Waals surface area contributed by atoms with Crippen molar-refractivity contribution in [1.29, 1.82) is 0 Å². The van der Waals surface area contributed by atoms with Crippen molar-refractivity contribution in [2.75, 3.05) is 10.2 Å². The number of rotatable bonds is 3. The van der Waals surface area contributed by atoms with Crippen LogP contribution in [0.1, 0.15) is 33.2 Å². The van der Waals surface area contributed by atoms with Crippen LogP contribution >= 0.6 is 0 Å². The first-order valence-corrected chi connectivity index (χ1v) is 8.31. The van der Waals surface area contributed by atoms with Gasteiger partial charge in [-0.2, -0.15) is 0 Å². The van der Waals surface area contributed by atoms with Gasteiger partial charge in [0.05, 0.1) is 11.9 Å². The van der Waals surface area contributed by atoms with Gasteiger partial charge in [0.25, 0.3) is 5.91 Å². The molecule has 1 aromatic heterocycles. The standard InChI is InChI=1S/C21H19N3O/c1-14-10-15(2)12-16(11-14)23-20-18-7-3-4-8-19(18)21(25)24(20)17-6-5-9-22-13-17/h3-13,20,23H,1-2H3. The number of benzene rings is 2. The van der Waals surface area contributed by atoms with Gasteiger partial charge < -0.3 is 5.32 Å². The second-order valence-corrected chi connectivity index (χ2v) is 6.40. The van der Waals surface area contributed by atoms with E-state index in [4.69, 9.17) is 0 Å². The fraction of sp³-hybridized carbons (Fsp3) is 0.143. The Hall–Kier alpha value is -3.14. The number of carbonyl (C=O) groups excluding carboxylic acids is 1. The Morgan fingerprint density at radius 2 is 1.76 bits per heavy atom. The first kappa shape index (κ1) is 15.4. The number of aryl methyl sites for hydroxylation is 2. The molecule has 0 spiro atoms. The number of hydrogen-bond acceptors (Lipinski definition) is 3. The van der Waals surface area contributed by atoms with E-state index in [0.29, 0.717) is 0 Å². The van der Waals surface area contributed by atoms with Crippen LogP contribution in [0, 0.1) is 13.8 Å². The molecule has 2 heterocycles. The van der Waals surface area contributed by atoms with Gasteiger partial charge in [-0.05, 0) is 55.3 Å². The molecule has 124 valence electrons. The van der Waals surface area contributed by atoms with E-state index in [2.05, 4.69) is 42.3 Å². The molecular formula is C21H19N3O. The van der Waals surface area contributed by atoms with Crippen LogP contribution in [0.3, 0.4) is 0 Å². The van der Waals surface area contributed by atoms with Gasteiger partial charge in [0.1, 0.15) is 6.17 Å². The number of hydrogen-bond donors (Lipinski definition) is 1. The van der Waals surface area contributed by atoms with Crippen LogP contribution in [0.25, 0.3) is 0 Å². The third-order valence-corrected chi connectivity index (χ3v) is 4.41. The van der Waals surface area contributed by atoms with Gasteiger partial charge in [0.2, 0.25) is 0 Å². The quantitative estimate of drug-likeness (QED) is 0.771. The molecule has 1 N–H and O–H groups in total. The molecule has 1 atom stereocenters. The van der Waals surface area contributed by atoms with Crippen molar-refractivity contribution in [1.82, 2.24) is 4.98 Å². The number of fused-ring (bicyclic) bond motifs is 1. The Morgan fingerprint density at radius 1 is 1.00 bits per heavy atom. The highest BCUT2D eigenvalue weighted by atomic mass is 16.2. The molecule has 0 fully saturated rings. The number of amides is 1. The van der Waals surface area contributed by atoms with E-state index in [9.17, 15) is 4.79 Å². The molecule has 0 saturated heterocycles. The zero-order valence-corrected chi connectivity index (χ0v) is 14.2. The highest BCUT2D eigenvalue weighted by Crippen LogP contribution is 2.37. The third kappa shape index (κ3) is 2.76. The number of anilines is 2. The predicted molar refractivity (Wildman–Crippen MR) is 99.8 cm³/mol. The zero-order chi connectivity index (χ0) is 17.4. The third-order valence-electron chi connectivity index (χ3n) is 4.41. The van der Waals surface area contributed by atoms with Gasteiger partial charge >= 0.3 is 0 Å². The summed E-state index contributed by atoms with van der Waals surface area (Å²) in [6.45, 7) is 4.15. The fourth-order valence-corrected chi connectivity index (χ4v) is 3.44. The summed E-state index contributed by atoms with van der Waals surface area (Å²) in [5.74, 6) is -0.00882. The van der Waals surface area contributed by atoms with E-state index >= 15 is 0 Å². The van der Waals surface area contributed by atoms with Crippen LogP contribution in [-0.4, -0.2) is 10.9 Å². The van der Waals surface area contributed by atoms with E-state index in [1.165, 1.54) is 11.1 Å². The van der Waals surface area contributed by atoms with Gasteiger partial charge in [0, 0.05) is 23.0 Å². The van der Waals surface area contributed by atoms with Gasteiger partial charge in [0.15, 0.2) is 0 Å². The maximum absolute atomic E-state index is 13.0.